The Morgan fingerprint density at radius 2 is 2.05 bits per heavy atom. The second-order valence-electron chi connectivity index (χ2n) is 5.61. The molecule has 1 N–H and O–H groups in total. The van der Waals surface area contributed by atoms with Crippen molar-refractivity contribution in [1.29, 1.82) is 0 Å². The fourth-order valence-electron chi connectivity index (χ4n) is 2.98. The zero-order valence-corrected chi connectivity index (χ0v) is 12.3. The first-order valence-corrected chi connectivity index (χ1v) is 7.61. The van der Waals surface area contributed by atoms with E-state index in [0.29, 0.717) is 6.04 Å². The number of hydrogen-bond donors (Lipinski definition) is 1. The number of nitrogens with zero attached hydrogens (tertiary/aromatic N) is 4. The van der Waals surface area contributed by atoms with Crippen molar-refractivity contribution in [1.82, 2.24) is 19.3 Å². The van der Waals surface area contributed by atoms with E-state index >= 15 is 0 Å². The molecule has 1 aliphatic rings. The van der Waals surface area contributed by atoms with Gasteiger partial charge in [-0.05, 0) is 26.7 Å². The van der Waals surface area contributed by atoms with Gasteiger partial charge in [-0.3, -0.25) is 4.68 Å². The summed E-state index contributed by atoms with van der Waals surface area (Å²) in [7, 11) is 0. The third-order valence-electron chi connectivity index (χ3n) is 4.03. The highest BCUT2D eigenvalue weighted by molar-refractivity contribution is 5.51. The van der Waals surface area contributed by atoms with Gasteiger partial charge in [0.2, 0.25) is 5.95 Å². The molecule has 5 nitrogen and oxygen atoms in total. The molecule has 2 aromatic heterocycles. The van der Waals surface area contributed by atoms with E-state index in [0.717, 1.165) is 23.9 Å². The number of aryl methyl sites for hydroxylation is 2. The SMILES string of the molecule is CCn1cc(Nc2nc(C)cn2C2CCCCC2)cn1. The van der Waals surface area contributed by atoms with E-state index in [-0.39, 0.29) is 0 Å². The molecule has 3 rings (SSSR count). The summed E-state index contributed by atoms with van der Waals surface area (Å²) in [4.78, 5) is 4.63. The van der Waals surface area contributed by atoms with Gasteiger partial charge >= 0.3 is 0 Å². The normalized spacial score (nSPS) is 16.5. The van der Waals surface area contributed by atoms with Gasteiger partial charge in [-0.2, -0.15) is 5.10 Å². The summed E-state index contributed by atoms with van der Waals surface area (Å²) in [6.07, 6.45) is 12.6. The van der Waals surface area contributed by atoms with E-state index in [4.69, 9.17) is 0 Å². The Morgan fingerprint density at radius 3 is 2.75 bits per heavy atom. The highest BCUT2D eigenvalue weighted by Gasteiger charge is 2.19. The van der Waals surface area contributed by atoms with E-state index in [1.54, 1.807) is 0 Å². The maximum atomic E-state index is 4.63. The van der Waals surface area contributed by atoms with E-state index in [2.05, 4.69) is 40.0 Å². The highest BCUT2D eigenvalue weighted by atomic mass is 15.3. The van der Waals surface area contributed by atoms with Crippen LogP contribution in [0.25, 0.3) is 0 Å². The van der Waals surface area contributed by atoms with E-state index < -0.39 is 0 Å². The van der Waals surface area contributed by atoms with Crippen LogP contribution in [-0.4, -0.2) is 19.3 Å². The van der Waals surface area contributed by atoms with Crippen LogP contribution >= 0.6 is 0 Å². The molecule has 2 aromatic rings. The smallest absolute Gasteiger partial charge is 0.207 e. The molecule has 20 heavy (non-hydrogen) atoms. The van der Waals surface area contributed by atoms with Gasteiger partial charge in [-0.25, -0.2) is 4.98 Å². The van der Waals surface area contributed by atoms with Crippen LogP contribution < -0.4 is 5.32 Å². The van der Waals surface area contributed by atoms with Crippen LogP contribution in [0.15, 0.2) is 18.6 Å². The molecule has 0 unspecified atom stereocenters. The summed E-state index contributed by atoms with van der Waals surface area (Å²) in [6.45, 7) is 5.03. The highest BCUT2D eigenvalue weighted by Crippen LogP contribution is 2.31. The Hall–Kier alpha value is -1.78. The maximum Gasteiger partial charge on any atom is 0.207 e. The molecule has 0 aliphatic heterocycles. The second-order valence-corrected chi connectivity index (χ2v) is 5.61. The van der Waals surface area contributed by atoms with Crippen LogP contribution in [0.5, 0.6) is 0 Å². The van der Waals surface area contributed by atoms with Crippen LogP contribution in [-0.2, 0) is 6.54 Å². The molecule has 0 radical (unpaired) electrons. The van der Waals surface area contributed by atoms with Crippen molar-refractivity contribution in [2.24, 2.45) is 0 Å². The van der Waals surface area contributed by atoms with Crippen molar-refractivity contribution in [3.05, 3.63) is 24.3 Å². The van der Waals surface area contributed by atoms with Crippen LogP contribution in [0.2, 0.25) is 0 Å². The van der Waals surface area contributed by atoms with E-state index in [9.17, 15) is 0 Å². The number of aromatic nitrogens is 4. The Kier molecular flexibility index (Phi) is 3.76. The van der Waals surface area contributed by atoms with Crippen molar-refractivity contribution >= 4 is 11.6 Å². The minimum absolute atomic E-state index is 0.591. The van der Waals surface area contributed by atoms with Crippen molar-refractivity contribution in [2.45, 2.75) is 58.5 Å². The lowest BCUT2D eigenvalue weighted by Crippen LogP contribution is -2.14. The van der Waals surface area contributed by atoms with Crippen molar-refractivity contribution in [3.63, 3.8) is 0 Å². The van der Waals surface area contributed by atoms with Gasteiger partial charge in [0.05, 0.1) is 17.6 Å². The average molecular weight is 273 g/mol. The minimum atomic E-state index is 0.591. The summed E-state index contributed by atoms with van der Waals surface area (Å²) in [5.41, 5.74) is 2.08. The lowest BCUT2D eigenvalue weighted by atomic mass is 9.95. The van der Waals surface area contributed by atoms with Crippen molar-refractivity contribution in [3.8, 4) is 0 Å². The van der Waals surface area contributed by atoms with Gasteiger partial charge in [0.15, 0.2) is 0 Å². The Bertz CT molecular complexity index is 563. The molecule has 0 spiro atoms. The van der Waals surface area contributed by atoms with Crippen LogP contribution in [0.3, 0.4) is 0 Å². The molecule has 0 atom stereocenters. The molecule has 0 bridgehead atoms. The lowest BCUT2D eigenvalue weighted by molar-refractivity contribution is 0.356. The maximum absolute atomic E-state index is 4.63. The Balaban J connectivity index is 1.81. The van der Waals surface area contributed by atoms with Gasteiger partial charge in [0, 0.05) is 25.0 Å². The summed E-state index contributed by atoms with van der Waals surface area (Å²) in [5, 5.41) is 7.71. The first-order chi connectivity index (χ1) is 9.76. The van der Waals surface area contributed by atoms with Gasteiger partial charge in [-0.1, -0.05) is 19.3 Å². The van der Waals surface area contributed by atoms with Crippen LogP contribution in [0.1, 0.15) is 50.8 Å². The van der Waals surface area contributed by atoms with Crippen molar-refractivity contribution in [2.75, 3.05) is 5.32 Å². The quantitative estimate of drug-likeness (QED) is 0.924. The summed E-state index contributed by atoms with van der Waals surface area (Å²) in [6, 6.07) is 0.591. The Morgan fingerprint density at radius 1 is 1.25 bits per heavy atom. The number of imidazole rings is 1. The van der Waals surface area contributed by atoms with Gasteiger partial charge in [-0.15, -0.1) is 0 Å². The predicted molar refractivity (Wildman–Crippen MR) is 80.3 cm³/mol. The molecule has 5 heteroatoms. The van der Waals surface area contributed by atoms with Crippen LogP contribution in [0, 0.1) is 6.92 Å². The topological polar surface area (TPSA) is 47.7 Å². The molecular weight excluding hydrogens is 250 g/mol. The van der Waals surface area contributed by atoms with E-state index in [1.807, 2.05) is 17.1 Å². The van der Waals surface area contributed by atoms with Crippen molar-refractivity contribution < 1.29 is 0 Å². The van der Waals surface area contributed by atoms with Gasteiger partial charge < -0.3 is 9.88 Å². The minimum Gasteiger partial charge on any atom is -0.323 e. The zero-order chi connectivity index (χ0) is 13.9. The first-order valence-electron chi connectivity index (χ1n) is 7.61. The third kappa shape index (κ3) is 2.71. The number of anilines is 2. The summed E-state index contributed by atoms with van der Waals surface area (Å²) < 4.78 is 4.24. The predicted octanol–water partition coefficient (Wildman–Crippen LogP) is 3.66. The molecule has 108 valence electrons. The largest absolute Gasteiger partial charge is 0.323 e. The molecule has 1 saturated carbocycles. The molecule has 0 amide bonds. The molecule has 2 heterocycles. The molecule has 0 saturated heterocycles. The summed E-state index contributed by atoms with van der Waals surface area (Å²) in [5.74, 6) is 0.949. The third-order valence-corrected chi connectivity index (χ3v) is 4.03. The molecule has 1 fully saturated rings. The number of rotatable bonds is 4. The van der Waals surface area contributed by atoms with E-state index in [1.165, 1.54) is 32.1 Å². The van der Waals surface area contributed by atoms with Crippen LogP contribution in [0.4, 0.5) is 11.6 Å². The summed E-state index contributed by atoms with van der Waals surface area (Å²) >= 11 is 0. The standard InChI is InChI=1S/C15H23N5/c1-3-19-11-13(9-16-19)18-15-17-12(2)10-20(15)14-7-5-4-6-8-14/h9-11,14H,3-8H2,1-2H3,(H,17,18). The fraction of sp³-hybridized carbons (Fsp3) is 0.600. The average Bonchev–Trinajstić information content (AvgIpc) is 3.07. The number of nitrogens with one attached hydrogen (secondary N) is 1. The van der Waals surface area contributed by atoms with Gasteiger partial charge in [0.25, 0.3) is 0 Å². The number of hydrogen-bond acceptors (Lipinski definition) is 3. The Labute approximate surface area is 120 Å². The van der Waals surface area contributed by atoms with Gasteiger partial charge in [0.1, 0.15) is 0 Å². The molecular formula is C15H23N5. The lowest BCUT2D eigenvalue weighted by Gasteiger charge is -2.24. The zero-order valence-electron chi connectivity index (χ0n) is 12.3. The second kappa shape index (κ2) is 5.69. The molecule has 1 aliphatic carbocycles. The fourth-order valence-corrected chi connectivity index (χ4v) is 2.98. The first kappa shape index (κ1) is 13.2. The monoisotopic (exact) mass is 273 g/mol. The molecule has 0 aromatic carbocycles.